The number of hydrogen-bond donors (Lipinski definition) is 4. The second-order valence-electron chi connectivity index (χ2n) is 9.35. The van der Waals surface area contributed by atoms with Gasteiger partial charge in [-0.1, -0.05) is 19.1 Å². The summed E-state index contributed by atoms with van der Waals surface area (Å²) in [5.41, 5.74) is 4.60. The zero-order valence-electron chi connectivity index (χ0n) is 20.4. The van der Waals surface area contributed by atoms with Crippen molar-refractivity contribution in [3.63, 3.8) is 0 Å². The summed E-state index contributed by atoms with van der Waals surface area (Å²) in [5.74, 6) is 0.623. The minimum Gasteiger partial charge on any atom is -0.378 e. The van der Waals surface area contributed by atoms with Gasteiger partial charge in [0.15, 0.2) is 0 Å². The molecule has 0 bridgehead atoms. The van der Waals surface area contributed by atoms with Crippen LogP contribution in [0.4, 0.5) is 23.0 Å². The van der Waals surface area contributed by atoms with Gasteiger partial charge in [-0.3, -0.25) is 4.79 Å². The molecule has 0 spiro atoms. The van der Waals surface area contributed by atoms with E-state index in [1.165, 1.54) is 5.69 Å². The van der Waals surface area contributed by atoms with Gasteiger partial charge >= 0.3 is 0 Å². The van der Waals surface area contributed by atoms with Crippen molar-refractivity contribution in [3.8, 4) is 11.3 Å². The first-order chi connectivity index (χ1) is 17.5. The van der Waals surface area contributed by atoms with Gasteiger partial charge in [0.25, 0.3) is 0 Å². The van der Waals surface area contributed by atoms with Gasteiger partial charge < -0.3 is 25.6 Å². The SMILES string of the molecule is CC1CNCC[C@@]1(S)C(=O)Nc1ccc(-c2ccnc(Nc3ccc(N4CCOCC4)cc3)n2)cc1. The quantitative estimate of drug-likeness (QED) is 0.378. The highest BCUT2D eigenvalue weighted by molar-refractivity contribution is 7.82. The third kappa shape index (κ3) is 5.48. The third-order valence-electron chi connectivity index (χ3n) is 6.94. The lowest BCUT2D eigenvalue weighted by molar-refractivity contribution is -0.120. The molecule has 2 atom stereocenters. The maximum absolute atomic E-state index is 12.9. The number of morpholine rings is 1. The highest BCUT2D eigenvalue weighted by atomic mass is 32.1. The summed E-state index contributed by atoms with van der Waals surface area (Å²) in [6.45, 7) is 6.99. The summed E-state index contributed by atoms with van der Waals surface area (Å²) >= 11 is 4.75. The van der Waals surface area contributed by atoms with E-state index in [-0.39, 0.29) is 11.8 Å². The molecule has 1 aromatic heterocycles. The lowest BCUT2D eigenvalue weighted by Gasteiger charge is -2.37. The molecule has 2 aliphatic rings. The maximum atomic E-state index is 12.9. The number of carbonyl (C=O) groups excluding carboxylic acids is 1. The Balaban J connectivity index is 1.23. The Labute approximate surface area is 217 Å². The van der Waals surface area contributed by atoms with Gasteiger partial charge in [0.1, 0.15) is 0 Å². The predicted octanol–water partition coefficient (Wildman–Crippen LogP) is 3.96. The van der Waals surface area contributed by atoms with Crippen molar-refractivity contribution in [3.05, 3.63) is 60.8 Å². The lowest BCUT2D eigenvalue weighted by atomic mass is 9.86. The fourth-order valence-electron chi connectivity index (χ4n) is 4.60. The van der Waals surface area contributed by atoms with Crippen LogP contribution < -0.4 is 20.9 Å². The van der Waals surface area contributed by atoms with E-state index in [2.05, 4.69) is 49.9 Å². The minimum atomic E-state index is -0.669. The van der Waals surface area contributed by atoms with Crippen LogP contribution in [0.3, 0.4) is 0 Å². The smallest absolute Gasteiger partial charge is 0.240 e. The number of amides is 1. The normalized spacial score (nSPS) is 22.2. The number of benzene rings is 2. The monoisotopic (exact) mass is 504 g/mol. The highest BCUT2D eigenvalue weighted by Crippen LogP contribution is 2.33. The molecule has 3 N–H and O–H groups in total. The van der Waals surface area contributed by atoms with E-state index in [9.17, 15) is 4.79 Å². The number of rotatable bonds is 6. The number of nitrogens with zero attached hydrogens (tertiary/aromatic N) is 3. The minimum absolute atomic E-state index is 0.0549. The van der Waals surface area contributed by atoms with Gasteiger partial charge in [-0.05, 0) is 67.9 Å². The molecular weight excluding hydrogens is 472 g/mol. The fraction of sp³-hybridized carbons (Fsp3) is 0.370. The second-order valence-corrected chi connectivity index (χ2v) is 10.1. The van der Waals surface area contributed by atoms with Crippen molar-refractivity contribution in [2.24, 2.45) is 5.92 Å². The molecule has 5 rings (SSSR count). The fourth-order valence-corrected chi connectivity index (χ4v) is 4.86. The van der Waals surface area contributed by atoms with Crippen LogP contribution in [0.1, 0.15) is 13.3 Å². The average molecular weight is 505 g/mol. The molecule has 2 saturated heterocycles. The van der Waals surface area contributed by atoms with Gasteiger partial charge in [0.05, 0.1) is 23.7 Å². The van der Waals surface area contributed by atoms with Crippen LogP contribution in [0.15, 0.2) is 60.8 Å². The van der Waals surface area contributed by atoms with Gasteiger partial charge in [0, 0.05) is 41.9 Å². The topological polar surface area (TPSA) is 91.4 Å². The first kappa shape index (κ1) is 24.5. The summed E-state index contributed by atoms with van der Waals surface area (Å²) in [6, 6.07) is 17.9. The molecule has 9 heteroatoms. The van der Waals surface area contributed by atoms with E-state index in [1.807, 2.05) is 42.5 Å². The molecular formula is C27H32N6O2S. The van der Waals surface area contributed by atoms with Crippen LogP contribution in [-0.4, -0.2) is 60.0 Å². The maximum Gasteiger partial charge on any atom is 0.240 e. The van der Waals surface area contributed by atoms with Gasteiger partial charge in [-0.25, -0.2) is 9.97 Å². The molecule has 0 radical (unpaired) electrons. The molecule has 36 heavy (non-hydrogen) atoms. The number of carbonyl (C=O) groups is 1. The van der Waals surface area contributed by atoms with E-state index in [0.717, 1.165) is 62.0 Å². The number of hydrogen-bond acceptors (Lipinski definition) is 8. The molecule has 0 aliphatic carbocycles. The van der Waals surface area contributed by atoms with E-state index in [0.29, 0.717) is 12.4 Å². The second kappa shape index (κ2) is 10.9. The summed E-state index contributed by atoms with van der Waals surface area (Å²) in [7, 11) is 0. The number of piperidine rings is 1. The Hall–Kier alpha value is -3.14. The van der Waals surface area contributed by atoms with Gasteiger partial charge in [0.2, 0.25) is 11.9 Å². The molecule has 8 nitrogen and oxygen atoms in total. The number of nitrogens with one attached hydrogen (secondary N) is 3. The van der Waals surface area contributed by atoms with Gasteiger partial charge in [-0.15, -0.1) is 0 Å². The number of aromatic nitrogens is 2. The zero-order chi connectivity index (χ0) is 25.0. The van der Waals surface area contributed by atoms with Crippen LogP contribution in [0, 0.1) is 5.92 Å². The predicted molar refractivity (Wildman–Crippen MR) is 147 cm³/mol. The molecule has 0 saturated carbocycles. The van der Waals surface area contributed by atoms with Crippen LogP contribution in [0.5, 0.6) is 0 Å². The van der Waals surface area contributed by atoms with Crippen molar-refractivity contribution >= 4 is 41.5 Å². The van der Waals surface area contributed by atoms with Crippen LogP contribution in [0.25, 0.3) is 11.3 Å². The Morgan fingerprint density at radius 3 is 2.53 bits per heavy atom. The summed E-state index contributed by atoms with van der Waals surface area (Å²) in [4.78, 5) is 24.3. The summed E-state index contributed by atoms with van der Waals surface area (Å²) in [5, 5.41) is 9.64. The first-order valence-corrected chi connectivity index (χ1v) is 12.8. The molecule has 188 valence electrons. The Morgan fingerprint density at radius 1 is 1.08 bits per heavy atom. The van der Waals surface area contributed by atoms with Crippen molar-refractivity contribution in [2.45, 2.75) is 18.1 Å². The average Bonchev–Trinajstić information content (AvgIpc) is 2.92. The molecule has 2 fully saturated rings. The van der Waals surface area contributed by atoms with Crippen molar-refractivity contribution in [2.75, 3.05) is 54.9 Å². The van der Waals surface area contributed by atoms with E-state index < -0.39 is 4.75 Å². The highest BCUT2D eigenvalue weighted by Gasteiger charge is 2.41. The Kier molecular flexibility index (Phi) is 7.41. The Bertz CT molecular complexity index is 1180. The lowest BCUT2D eigenvalue weighted by Crippen LogP contribution is -2.52. The van der Waals surface area contributed by atoms with E-state index in [1.54, 1.807) is 6.20 Å². The van der Waals surface area contributed by atoms with Crippen molar-refractivity contribution < 1.29 is 9.53 Å². The van der Waals surface area contributed by atoms with Crippen molar-refractivity contribution in [1.29, 1.82) is 0 Å². The molecule has 1 amide bonds. The molecule has 2 aromatic carbocycles. The molecule has 2 aliphatic heterocycles. The Morgan fingerprint density at radius 2 is 1.81 bits per heavy atom. The largest absolute Gasteiger partial charge is 0.378 e. The zero-order valence-corrected chi connectivity index (χ0v) is 21.3. The van der Waals surface area contributed by atoms with Gasteiger partial charge in [-0.2, -0.15) is 12.6 Å². The standard InChI is InChI=1S/C27H32N6O2S/c1-19-18-28-13-11-27(19,36)25(34)30-21-4-2-20(3-5-21)24-10-12-29-26(32-24)31-22-6-8-23(9-7-22)33-14-16-35-17-15-33/h2-10,12,19,28,36H,11,13-18H2,1H3,(H,30,34)(H,29,31,32)/t19?,27-/m0/s1. The number of anilines is 4. The summed E-state index contributed by atoms with van der Waals surface area (Å²) < 4.78 is 4.76. The third-order valence-corrected chi connectivity index (χ3v) is 7.80. The molecule has 3 heterocycles. The van der Waals surface area contributed by atoms with Crippen LogP contribution in [0.2, 0.25) is 0 Å². The van der Waals surface area contributed by atoms with Crippen LogP contribution >= 0.6 is 12.6 Å². The molecule has 1 unspecified atom stereocenters. The van der Waals surface area contributed by atoms with Crippen LogP contribution in [-0.2, 0) is 9.53 Å². The van der Waals surface area contributed by atoms with E-state index in [4.69, 9.17) is 17.4 Å². The first-order valence-electron chi connectivity index (χ1n) is 12.4. The van der Waals surface area contributed by atoms with Crippen molar-refractivity contribution in [1.82, 2.24) is 15.3 Å². The molecule has 3 aromatic rings. The van der Waals surface area contributed by atoms with E-state index >= 15 is 0 Å². The number of ether oxygens (including phenoxy) is 1. The number of thiol groups is 1. The summed E-state index contributed by atoms with van der Waals surface area (Å²) in [6.07, 6.45) is 2.44.